The Balaban J connectivity index is 2.08. The fourth-order valence-electron chi connectivity index (χ4n) is 1.83. The van der Waals surface area contributed by atoms with E-state index >= 15 is 0 Å². The predicted octanol–water partition coefficient (Wildman–Crippen LogP) is 3.35. The van der Waals surface area contributed by atoms with Crippen LogP contribution in [0.2, 0.25) is 0 Å². The van der Waals surface area contributed by atoms with Gasteiger partial charge in [0.25, 0.3) is 0 Å². The van der Waals surface area contributed by atoms with Crippen LogP contribution in [0.15, 0.2) is 47.6 Å². The highest BCUT2D eigenvalue weighted by Gasteiger charge is 2.08. The van der Waals surface area contributed by atoms with Crippen LogP contribution < -0.4 is 15.9 Å². The van der Waals surface area contributed by atoms with Crippen LogP contribution in [-0.4, -0.2) is 11.3 Å². The molecule has 2 rings (SSSR count). The Kier molecular flexibility index (Phi) is 5.43. The van der Waals surface area contributed by atoms with E-state index in [9.17, 15) is 4.39 Å². The van der Waals surface area contributed by atoms with Crippen molar-refractivity contribution < 1.29 is 9.13 Å². The van der Waals surface area contributed by atoms with Gasteiger partial charge in [-0.15, -0.1) is 0 Å². The average molecular weight is 317 g/mol. The van der Waals surface area contributed by atoms with Crippen molar-refractivity contribution in [3.8, 4) is 11.5 Å². The first-order valence-corrected chi connectivity index (χ1v) is 7.14. The topological polar surface area (TPSA) is 59.6 Å². The summed E-state index contributed by atoms with van der Waals surface area (Å²) in [6.45, 7) is 1.90. The van der Waals surface area contributed by atoms with Gasteiger partial charge in [0.2, 0.25) is 0 Å². The highest BCUT2D eigenvalue weighted by atomic mass is 32.1. The molecule has 0 fully saturated rings. The van der Waals surface area contributed by atoms with Crippen LogP contribution in [0.4, 0.5) is 4.39 Å². The maximum Gasteiger partial charge on any atom is 0.184 e. The van der Waals surface area contributed by atoms with Crippen molar-refractivity contribution in [1.29, 1.82) is 0 Å². The second-order valence-corrected chi connectivity index (χ2v) is 4.93. The van der Waals surface area contributed by atoms with Crippen molar-refractivity contribution in [3.05, 3.63) is 59.4 Å². The molecule has 0 aliphatic carbocycles. The third-order valence-electron chi connectivity index (χ3n) is 2.92. The molecule has 6 heteroatoms. The zero-order valence-corrected chi connectivity index (χ0v) is 12.9. The van der Waals surface area contributed by atoms with Crippen LogP contribution in [0.3, 0.4) is 0 Å². The summed E-state index contributed by atoms with van der Waals surface area (Å²) in [5, 5.41) is 3.95. The van der Waals surface area contributed by atoms with E-state index < -0.39 is 0 Å². The first kappa shape index (κ1) is 15.9. The van der Waals surface area contributed by atoms with Crippen molar-refractivity contribution in [2.24, 2.45) is 10.8 Å². The number of thiocarbonyl (C=S) groups is 1. The number of hydrogen-bond donors (Lipinski definition) is 2. The lowest BCUT2D eigenvalue weighted by Gasteiger charge is -2.09. The Morgan fingerprint density at radius 3 is 2.68 bits per heavy atom. The van der Waals surface area contributed by atoms with E-state index in [1.165, 1.54) is 0 Å². The molecule has 2 aromatic carbocycles. The Morgan fingerprint density at radius 2 is 2.05 bits per heavy atom. The molecule has 22 heavy (non-hydrogen) atoms. The predicted molar refractivity (Wildman–Crippen MR) is 89.8 cm³/mol. The van der Waals surface area contributed by atoms with Crippen LogP contribution in [0.25, 0.3) is 0 Å². The normalized spacial score (nSPS) is 10.6. The van der Waals surface area contributed by atoms with Gasteiger partial charge in [0.15, 0.2) is 16.7 Å². The fraction of sp³-hybridized carbons (Fsp3) is 0.125. The number of hydrazone groups is 1. The van der Waals surface area contributed by atoms with E-state index in [4.69, 9.17) is 10.5 Å². The van der Waals surface area contributed by atoms with E-state index in [2.05, 4.69) is 22.7 Å². The van der Waals surface area contributed by atoms with E-state index in [0.717, 1.165) is 5.56 Å². The zero-order valence-electron chi connectivity index (χ0n) is 12.0. The number of rotatable bonds is 5. The zero-order chi connectivity index (χ0) is 15.9. The van der Waals surface area contributed by atoms with Crippen LogP contribution in [0.5, 0.6) is 11.5 Å². The van der Waals surface area contributed by atoms with Crippen molar-refractivity contribution in [2.75, 3.05) is 0 Å². The Morgan fingerprint density at radius 1 is 1.32 bits per heavy atom. The smallest absolute Gasteiger partial charge is 0.184 e. The number of nitrogens with two attached hydrogens (primary N) is 1. The second kappa shape index (κ2) is 7.51. The van der Waals surface area contributed by atoms with Gasteiger partial charge in [0.1, 0.15) is 5.75 Å². The molecule has 0 heterocycles. The number of hydrogen-bond acceptors (Lipinski definition) is 3. The minimum atomic E-state index is -0.323. The summed E-state index contributed by atoms with van der Waals surface area (Å²) in [5.74, 6) is 0.443. The molecule has 114 valence electrons. The summed E-state index contributed by atoms with van der Waals surface area (Å²) in [4.78, 5) is 0. The van der Waals surface area contributed by atoms with Crippen molar-refractivity contribution >= 4 is 23.5 Å². The van der Waals surface area contributed by atoms with Crippen molar-refractivity contribution in [1.82, 2.24) is 5.43 Å². The van der Waals surface area contributed by atoms with Crippen LogP contribution >= 0.6 is 12.2 Å². The number of ether oxygens (including phenoxy) is 1. The molecule has 0 radical (unpaired) electrons. The van der Waals surface area contributed by atoms with Crippen molar-refractivity contribution in [2.45, 2.75) is 13.3 Å². The Hall–Kier alpha value is -2.47. The molecule has 4 nitrogen and oxygen atoms in total. The van der Waals surface area contributed by atoms with Gasteiger partial charge >= 0.3 is 0 Å². The summed E-state index contributed by atoms with van der Waals surface area (Å²) in [5.41, 5.74) is 9.18. The maximum atomic E-state index is 14.1. The van der Waals surface area contributed by atoms with E-state index in [1.807, 2.05) is 6.92 Å². The summed E-state index contributed by atoms with van der Waals surface area (Å²) < 4.78 is 19.7. The first-order valence-electron chi connectivity index (χ1n) is 6.74. The second-order valence-electron chi connectivity index (χ2n) is 4.49. The lowest BCUT2D eigenvalue weighted by molar-refractivity contribution is 0.439. The number of aryl methyl sites for hydroxylation is 1. The van der Waals surface area contributed by atoms with Crippen LogP contribution in [0.1, 0.15) is 18.1 Å². The van der Waals surface area contributed by atoms with E-state index in [1.54, 1.807) is 48.7 Å². The molecule has 0 bridgehead atoms. The third-order valence-corrected chi connectivity index (χ3v) is 3.01. The molecule has 0 aliphatic rings. The molecular weight excluding hydrogens is 301 g/mol. The summed E-state index contributed by atoms with van der Waals surface area (Å²) in [7, 11) is 0. The number of nitrogens with zero attached hydrogens (tertiary/aromatic N) is 1. The van der Waals surface area contributed by atoms with Crippen molar-refractivity contribution in [3.63, 3.8) is 0 Å². The molecule has 0 saturated heterocycles. The highest BCUT2D eigenvalue weighted by molar-refractivity contribution is 7.80. The number of halogens is 1. The summed E-state index contributed by atoms with van der Waals surface area (Å²) in [6, 6.07) is 12.2. The summed E-state index contributed by atoms with van der Waals surface area (Å²) in [6.07, 6.45) is 2.19. The maximum absolute atomic E-state index is 14.1. The monoisotopic (exact) mass is 317 g/mol. The Bertz CT molecular complexity index is 686. The minimum absolute atomic E-state index is 0.0995. The molecule has 0 aromatic heterocycles. The SMILES string of the molecule is CCc1cccc(Oc2ccc(/C=N\NC(N)=S)cc2)c1F. The molecule has 0 saturated carbocycles. The molecule has 0 spiro atoms. The van der Waals surface area contributed by atoms with Gasteiger partial charge < -0.3 is 10.5 Å². The molecule has 2 aromatic rings. The van der Waals surface area contributed by atoms with Gasteiger partial charge in [0, 0.05) is 0 Å². The van der Waals surface area contributed by atoms with Crippen LogP contribution in [-0.2, 0) is 6.42 Å². The van der Waals surface area contributed by atoms with Crippen LogP contribution in [0, 0.1) is 5.82 Å². The van der Waals surface area contributed by atoms with E-state index in [0.29, 0.717) is 17.7 Å². The number of nitrogens with one attached hydrogen (secondary N) is 1. The van der Waals surface area contributed by atoms with Gasteiger partial charge in [-0.25, -0.2) is 4.39 Å². The van der Waals surface area contributed by atoms with Gasteiger partial charge in [-0.05, 0) is 60.1 Å². The highest BCUT2D eigenvalue weighted by Crippen LogP contribution is 2.26. The summed E-state index contributed by atoms with van der Waals surface area (Å²) >= 11 is 4.63. The fourth-order valence-corrected chi connectivity index (χ4v) is 1.88. The largest absolute Gasteiger partial charge is 0.454 e. The first-order chi connectivity index (χ1) is 10.6. The van der Waals surface area contributed by atoms with Gasteiger partial charge in [0.05, 0.1) is 6.21 Å². The minimum Gasteiger partial charge on any atom is -0.454 e. The lowest BCUT2D eigenvalue weighted by Crippen LogP contribution is -2.23. The average Bonchev–Trinajstić information content (AvgIpc) is 2.51. The standard InChI is InChI=1S/C16H16FN3OS/c1-2-12-4-3-5-14(15(12)17)21-13-8-6-11(7-9-13)10-19-20-16(18)22/h3-10H,2H2,1H3,(H3,18,20,22)/b19-10-. The Labute approximate surface area is 133 Å². The molecule has 0 unspecified atom stereocenters. The molecule has 3 N–H and O–H groups in total. The molecule has 0 atom stereocenters. The molecule has 0 aliphatic heterocycles. The van der Waals surface area contributed by atoms with Gasteiger partial charge in [-0.2, -0.15) is 5.10 Å². The molecule has 0 amide bonds. The van der Waals surface area contributed by atoms with Gasteiger partial charge in [-0.1, -0.05) is 19.1 Å². The van der Waals surface area contributed by atoms with Gasteiger partial charge in [-0.3, -0.25) is 5.43 Å². The van der Waals surface area contributed by atoms with E-state index in [-0.39, 0.29) is 16.7 Å². The number of benzene rings is 2. The molecular formula is C16H16FN3OS. The lowest BCUT2D eigenvalue weighted by atomic mass is 10.1. The third kappa shape index (κ3) is 4.26. The quantitative estimate of drug-likeness (QED) is 0.504.